The van der Waals surface area contributed by atoms with Crippen LogP contribution in [-0.2, 0) is 25.3 Å². The number of benzene rings is 2. The fourth-order valence-electron chi connectivity index (χ4n) is 4.68. The van der Waals surface area contributed by atoms with Crippen LogP contribution in [0.1, 0.15) is 28.9 Å². The van der Waals surface area contributed by atoms with Gasteiger partial charge in [-0.25, -0.2) is 4.98 Å². The number of hydrogen-bond acceptors (Lipinski definition) is 5. The molecular weight excluding hydrogens is 534 g/mol. The van der Waals surface area contributed by atoms with E-state index < -0.39 is 6.04 Å². The summed E-state index contributed by atoms with van der Waals surface area (Å²) in [5, 5.41) is 13.6. The summed E-state index contributed by atoms with van der Waals surface area (Å²) in [6.45, 7) is 0. The summed E-state index contributed by atoms with van der Waals surface area (Å²) in [6.07, 6.45) is 7.60. The molecule has 3 heterocycles. The van der Waals surface area contributed by atoms with Gasteiger partial charge in [-0.05, 0) is 60.7 Å². The van der Waals surface area contributed by atoms with Crippen molar-refractivity contribution in [2.45, 2.75) is 31.3 Å². The molecule has 2 aromatic carbocycles. The van der Waals surface area contributed by atoms with Gasteiger partial charge >= 0.3 is 0 Å². The predicted octanol–water partition coefficient (Wildman–Crippen LogP) is 4.14. The number of anilines is 2. The van der Waals surface area contributed by atoms with Crippen LogP contribution in [0.25, 0.3) is 11.3 Å². The molecule has 3 N–H and O–H groups in total. The normalized spacial score (nSPS) is 15.7. The zero-order valence-corrected chi connectivity index (χ0v) is 22.2. The van der Waals surface area contributed by atoms with Crippen molar-refractivity contribution in [3.63, 3.8) is 0 Å². The van der Waals surface area contributed by atoms with Crippen LogP contribution in [0.15, 0.2) is 71.7 Å². The van der Waals surface area contributed by atoms with Crippen molar-refractivity contribution in [2.24, 2.45) is 14.1 Å². The number of aryl methyl sites for hydroxylation is 3. The number of hydrogen-bond donors (Lipinski definition) is 3. The first-order valence-corrected chi connectivity index (χ1v) is 12.9. The Morgan fingerprint density at radius 2 is 1.95 bits per heavy atom. The van der Waals surface area contributed by atoms with E-state index in [1.165, 1.54) is 10.2 Å². The van der Waals surface area contributed by atoms with Gasteiger partial charge in [0.25, 0.3) is 5.91 Å². The fourth-order valence-corrected chi connectivity index (χ4v) is 5.04. The highest BCUT2D eigenvalue weighted by molar-refractivity contribution is 9.10. The fraction of sp³-hybridized carbons (Fsp3) is 0.259. The SMILES string of the molecule is Cn1cncc1-c1ccc(NC(=O)[C@@H](NC(=O)c2ccnn2C)[C@@H]2CCCc3ccc(Br)cc3N2)cc1. The van der Waals surface area contributed by atoms with Gasteiger partial charge in [-0.3, -0.25) is 14.3 Å². The lowest BCUT2D eigenvalue weighted by molar-refractivity contribution is -0.118. The lowest BCUT2D eigenvalue weighted by Gasteiger charge is -2.28. The van der Waals surface area contributed by atoms with Crippen molar-refractivity contribution in [1.82, 2.24) is 24.6 Å². The molecule has 5 rings (SSSR count). The van der Waals surface area contributed by atoms with Gasteiger partial charge in [0.15, 0.2) is 0 Å². The number of aromatic nitrogens is 4. The van der Waals surface area contributed by atoms with Crippen molar-refractivity contribution in [1.29, 1.82) is 0 Å². The zero-order valence-electron chi connectivity index (χ0n) is 20.6. The minimum atomic E-state index is -0.816. The highest BCUT2D eigenvalue weighted by Gasteiger charge is 2.32. The lowest BCUT2D eigenvalue weighted by Crippen LogP contribution is -2.53. The average molecular weight is 562 g/mol. The topological polar surface area (TPSA) is 106 Å². The first-order valence-electron chi connectivity index (χ1n) is 12.1. The number of halogens is 1. The smallest absolute Gasteiger partial charge is 0.270 e. The van der Waals surface area contributed by atoms with E-state index in [1.54, 1.807) is 31.8 Å². The van der Waals surface area contributed by atoms with E-state index >= 15 is 0 Å². The number of amides is 2. The lowest BCUT2D eigenvalue weighted by atomic mass is 10.0. The van der Waals surface area contributed by atoms with Gasteiger partial charge in [0, 0.05) is 36.1 Å². The third-order valence-corrected chi connectivity index (χ3v) is 7.16. The standard InChI is InChI=1S/C27H28BrN7O2/c1-34-16-29-15-24(34)18-7-10-20(11-8-18)31-27(37)25(33-26(36)23-12-13-30-35(23)2)21-5-3-4-17-6-9-19(28)14-22(17)32-21/h6-16,21,25,32H,3-5H2,1-2H3,(H,31,37)(H,33,36)/t21-,25-/m0/s1. The Labute approximate surface area is 223 Å². The largest absolute Gasteiger partial charge is 0.379 e. The highest BCUT2D eigenvalue weighted by atomic mass is 79.9. The molecule has 1 aliphatic heterocycles. The average Bonchev–Trinajstić information content (AvgIpc) is 3.45. The molecule has 4 aromatic rings. The number of nitrogens with one attached hydrogen (secondary N) is 3. The molecule has 0 radical (unpaired) electrons. The summed E-state index contributed by atoms with van der Waals surface area (Å²) in [4.78, 5) is 30.9. The maximum absolute atomic E-state index is 13.6. The summed E-state index contributed by atoms with van der Waals surface area (Å²) >= 11 is 3.54. The van der Waals surface area contributed by atoms with Crippen LogP contribution in [0, 0.1) is 0 Å². The van der Waals surface area contributed by atoms with Crippen LogP contribution in [0.3, 0.4) is 0 Å². The van der Waals surface area contributed by atoms with E-state index in [1.807, 2.05) is 48.0 Å². The van der Waals surface area contributed by atoms with Crippen molar-refractivity contribution in [2.75, 3.05) is 10.6 Å². The van der Waals surface area contributed by atoms with Crippen LogP contribution >= 0.6 is 15.9 Å². The molecule has 1 aliphatic rings. The number of fused-ring (bicyclic) bond motifs is 1. The van der Waals surface area contributed by atoms with Crippen molar-refractivity contribution < 1.29 is 9.59 Å². The first kappa shape index (κ1) is 24.8. The van der Waals surface area contributed by atoms with E-state index in [0.29, 0.717) is 11.4 Å². The van der Waals surface area contributed by atoms with Crippen molar-refractivity contribution in [3.8, 4) is 11.3 Å². The minimum Gasteiger partial charge on any atom is -0.379 e. The second kappa shape index (κ2) is 10.6. The molecule has 9 nitrogen and oxygen atoms in total. The second-order valence-electron chi connectivity index (χ2n) is 9.19. The predicted molar refractivity (Wildman–Crippen MR) is 146 cm³/mol. The Kier molecular flexibility index (Phi) is 7.09. The molecule has 0 unspecified atom stereocenters. The van der Waals surface area contributed by atoms with E-state index in [-0.39, 0.29) is 17.9 Å². The number of carbonyl (C=O) groups is 2. The van der Waals surface area contributed by atoms with Gasteiger partial charge in [0.2, 0.25) is 5.91 Å². The van der Waals surface area contributed by atoms with Crippen molar-refractivity contribution >= 4 is 39.1 Å². The summed E-state index contributed by atoms with van der Waals surface area (Å²) in [7, 11) is 3.63. The summed E-state index contributed by atoms with van der Waals surface area (Å²) in [6, 6.07) is 14.2. The molecule has 0 fully saturated rings. The van der Waals surface area contributed by atoms with E-state index in [2.05, 4.69) is 48.0 Å². The molecule has 10 heteroatoms. The third-order valence-electron chi connectivity index (χ3n) is 6.66. The van der Waals surface area contributed by atoms with Gasteiger partial charge in [-0.2, -0.15) is 5.10 Å². The molecular formula is C27H28BrN7O2. The maximum atomic E-state index is 13.6. The molecule has 2 atom stereocenters. The van der Waals surface area contributed by atoms with E-state index in [4.69, 9.17) is 0 Å². The molecule has 2 aromatic heterocycles. The van der Waals surface area contributed by atoms with Crippen LogP contribution in [0.4, 0.5) is 11.4 Å². The van der Waals surface area contributed by atoms with Gasteiger partial charge < -0.3 is 20.5 Å². The Balaban J connectivity index is 1.39. The second-order valence-corrected chi connectivity index (χ2v) is 10.1. The molecule has 2 amide bonds. The molecule has 0 aliphatic carbocycles. The van der Waals surface area contributed by atoms with Crippen LogP contribution in [0.2, 0.25) is 0 Å². The van der Waals surface area contributed by atoms with E-state index in [0.717, 1.165) is 40.7 Å². The van der Waals surface area contributed by atoms with Gasteiger partial charge in [-0.1, -0.05) is 34.1 Å². The molecule has 37 heavy (non-hydrogen) atoms. The number of rotatable bonds is 6. The summed E-state index contributed by atoms with van der Waals surface area (Å²) in [5.41, 5.74) is 5.15. The molecule has 0 bridgehead atoms. The number of nitrogens with zero attached hydrogens (tertiary/aromatic N) is 4. The quantitative estimate of drug-likeness (QED) is 0.328. The van der Waals surface area contributed by atoms with Gasteiger partial charge in [0.05, 0.1) is 24.3 Å². The Hall–Kier alpha value is -3.92. The maximum Gasteiger partial charge on any atom is 0.270 e. The summed E-state index contributed by atoms with van der Waals surface area (Å²) < 4.78 is 4.38. The monoisotopic (exact) mass is 561 g/mol. The Morgan fingerprint density at radius 3 is 2.65 bits per heavy atom. The minimum absolute atomic E-state index is 0.292. The third kappa shape index (κ3) is 5.43. The number of carbonyl (C=O) groups excluding carboxylic acids is 2. The van der Waals surface area contributed by atoms with Gasteiger partial charge in [0.1, 0.15) is 11.7 Å². The zero-order chi connectivity index (χ0) is 25.9. The van der Waals surface area contributed by atoms with Gasteiger partial charge in [-0.15, -0.1) is 0 Å². The molecule has 0 saturated carbocycles. The number of imidazole rings is 1. The van der Waals surface area contributed by atoms with Crippen LogP contribution < -0.4 is 16.0 Å². The Morgan fingerprint density at radius 1 is 1.14 bits per heavy atom. The van der Waals surface area contributed by atoms with Crippen molar-refractivity contribution in [3.05, 3.63) is 83.0 Å². The molecule has 0 saturated heterocycles. The summed E-state index contributed by atoms with van der Waals surface area (Å²) in [5.74, 6) is -0.646. The highest BCUT2D eigenvalue weighted by Crippen LogP contribution is 2.29. The Bertz CT molecular complexity index is 1430. The molecule has 0 spiro atoms. The first-order chi connectivity index (χ1) is 17.9. The van der Waals surface area contributed by atoms with E-state index in [9.17, 15) is 9.59 Å². The van der Waals surface area contributed by atoms with Crippen LogP contribution in [-0.4, -0.2) is 43.2 Å². The van der Waals surface area contributed by atoms with Crippen LogP contribution in [0.5, 0.6) is 0 Å². The molecule has 190 valence electrons.